The first-order valence-corrected chi connectivity index (χ1v) is 5.71. The van der Waals surface area contributed by atoms with Crippen LogP contribution in [0.1, 0.15) is 39.0 Å². The molecule has 1 rings (SSSR count). The first kappa shape index (κ1) is 11.7. The van der Waals surface area contributed by atoms with E-state index < -0.39 is 0 Å². The quantitative estimate of drug-likeness (QED) is 0.661. The molecule has 0 radical (unpaired) electrons. The zero-order valence-corrected chi connectivity index (χ0v) is 9.51. The minimum absolute atomic E-state index is 0.483. The number of ether oxygens (including phenoxy) is 1. The smallest absolute Gasteiger partial charge is 0.0590 e. The number of hydrogen-bond acceptors (Lipinski definition) is 2. The summed E-state index contributed by atoms with van der Waals surface area (Å²) in [6.45, 7) is 7.18. The molecule has 0 bridgehead atoms. The Morgan fingerprint density at radius 2 is 2.43 bits per heavy atom. The third-order valence-electron chi connectivity index (χ3n) is 3.01. The highest BCUT2D eigenvalue weighted by Crippen LogP contribution is 2.20. The fourth-order valence-corrected chi connectivity index (χ4v) is 1.94. The Morgan fingerprint density at radius 3 is 2.93 bits per heavy atom. The van der Waals surface area contributed by atoms with Crippen LogP contribution in [0.15, 0.2) is 12.2 Å². The summed E-state index contributed by atoms with van der Waals surface area (Å²) in [7, 11) is 2.03. The van der Waals surface area contributed by atoms with Crippen molar-refractivity contribution in [1.82, 2.24) is 5.32 Å². The van der Waals surface area contributed by atoms with Gasteiger partial charge >= 0.3 is 0 Å². The summed E-state index contributed by atoms with van der Waals surface area (Å²) >= 11 is 0. The highest BCUT2D eigenvalue weighted by Gasteiger charge is 2.19. The van der Waals surface area contributed by atoms with Crippen molar-refractivity contribution >= 4 is 0 Å². The summed E-state index contributed by atoms with van der Waals surface area (Å²) in [5.41, 5.74) is 1.34. The molecular weight excluding hydrogens is 174 g/mol. The van der Waals surface area contributed by atoms with Crippen LogP contribution in [-0.2, 0) is 4.74 Å². The first-order valence-electron chi connectivity index (χ1n) is 5.71. The van der Waals surface area contributed by atoms with E-state index in [1.54, 1.807) is 0 Å². The van der Waals surface area contributed by atoms with Crippen molar-refractivity contribution in [3.05, 3.63) is 12.2 Å². The fourth-order valence-electron chi connectivity index (χ4n) is 1.94. The predicted molar refractivity (Wildman–Crippen MR) is 60.5 cm³/mol. The standard InChI is InChI=1S/C12H23NO/c1-4-10(2)8-11(13-3)9-12-6-5-7-14-12/h11-13H,2,4-9H2,1,3H3. The van der Waals surface area contributed by atoms with Gasteiger partial charge < -0.3 is 10.1 Å². The topological polar surface area (TPSA) is 21.3 Å². The van der Waals surface area contributed by atoms with E-state index in [-0.39, 0.29) is 0 Å². The lowest BCUT2D eigenvalue weighted by Crippen LogP contribution is -2.29. The average molecular weight is 197 g/mol. The zero-order chi connectivity index (χ0) is 10.4. The Bertz CT molecular complexity index is 173. The lowest BCUT2D eigenvalue weighted by atomic mass is 9.99. The van der Waals surface area contributed by atoms with Crippen molar-refractivity contribution in [2.75, 3.05) is 13.7 Å². The molecule has 14 heavy (non-hydrogen) atoms. The summed E-state index contributed by atoms with van der Waals surface area (Å²) in [6, 6.07) is 0.547. The fraction of sp³-hybridized carbons (Fsp3) is 0.833. The van der Waals surface area contributed by atoms with Crippen LogP contribution in [0.25, 0.3) is 0 Å². The van der Waals surface area contributed by atoms with Crippen LogP contribution in [0.2, 0.25) is 0 Å². The van der Waals surface area contributed by atoms with Gasteiger partial charge in [0.2, 0.25) is 0 Å². The van der Waals surface area contributed by atoms with E-state index in [2.05, 4.69) is 18.8 Å². The Balaban J connectivity index is 2.26. The molecule has 1 fully saturated rings. The minimum atomic E-state index is 0.483. The van der Waals surface area contributed by atoms with Gasteiger partial charge in [-0.05, 0) is 39.2 Å². The molecule has 0 aromatic carbocycles. The Kier molecular flexibility index (Phi) is 5.20. The third kappa shape index (κ3) is 3.81. The maximum atomic E-state index is 5.63. The highest BCUT2D eigenvalue weighted by molar-refractivity contribution is 4.96. The van der Waals surface area contributed by atoms with Crippen LogP contribution in [0.4, 0.5) is 0 Å². The lowest BCUT2D eigenvalue weighted by Gasteiger charge is -2.20. The summed E-state index contributed by atoms with van der Waals surface area (Å²) in [6.07, 6.45) is 6.26. The maximum absolute atomic E-state index is 5.63. The van der Waals surface area contributed by atoms with Crippen molar-refractivity contribution in [3.8, 4) is 0 Å². The van der Waals surface area contributed by atoms with E-state index in [1.165, 1.54) is 18.4 Å². The summed E-state index contributed by atoms with van der Waals surface area (Å²) in [5, 5.41) is 3.35. The molecule has 1 N–H and O–H groups in total. The third-order valence-corrected chi connectivity index (χ3v) is 3.01. The molecule has 1 saturated heterocycles. The van der Waals surface area contributed by atoms with Gasteiger partial charge in [0, 0.05) is 12.6 Å². The van der Waals surface area contributed by atoms with Gasteiger partial charge in [-0.15, -0.1) is 0 Å². The van der Waals surface area contributed by atoms with Gasteiger partial charge in [-0.2, -0.15) is 0 Å². The zero-order valence-electron chi connectivity index (χ0n) is 9.51. The van der Waals surface area contributed by atoms with E-state index in [0.29, 0.717) is 12.1 Å². The van der Waals surface area contributed by atoms with E-state index in [4.69, 9.17) is 4.74 Å². The highest BCUT2D eigenvalue weighted by atomic mass is 16.5. The molecule has 0 aromatic heterocycles. The second-order valence-electron chi connectivity index (χ2n) is 4.16. The molecule has 1 aliphatic rings. The largest absolute Gasteiger partial charge is 0.378 e. The lowest BCUT2D eigenvalue weighted by molar-refractivity contribution is 0.0953. The van der Waals surface area contributed by atoms with E-state index in [9.17, 15) is 0 Å². The van der Waals surface area contributed by atoms with Crippen LogP contribution in [0.3, 0.4) is 0 Å². The molecule has 0 spiro atoms. The summed E-state index contributed by atoms with van der Waals surface area (Å²) < 4.78 is 5.63. The Labute approximate surface area is 87.7 Å². The van der Waals surface area contributed by atoms with Gasteiger partial charge in [-0.3, -0.25) is 0 Å². The van der Waals surface area contributed by atoms with Crippen molar-refractivity contribution in [1.29, 1.82) is 0 Å². The van der Waals surface area contributed by atoms with Crippen LogP contribution in [-0.4, -0.2) is 25.8 Å². The molecule has 1 aliphatic heterocycles. The molecule has 2 heteroatoms. The predicted octanol–water partition coefficient (Wildman–Crippen LogP) is 2.50. The van der Waals surface area contributed by atoms with E-state index in [0.717, 1.165) is 25.9 Å². The molecule has 0 amide bonds. The van der Waals surface area contributed by atoms with Crippen LogP contribution < -0.4 is 5.32 Å². The van der Waals surface area contributed by atoms with Crippen LogP contribution in [0, 0.1) is 0 Å². The van der Waals surface area contributed by atoms with Crippen molar-refractivity contribution in [2.24, 2.45) is 0 Å². The van der Waals surface area contributed by atoms with Crippen LogP contribution >= 0.6 is 0 Å². The van der Waals surface area contributed by atoms with Gasteiger partial charge in [-0.1, -0.05) is 19.1 Å². The molecule has 0 aromatic rings. The maximum Gasteiger partial charge on any atom is 0.0590 e. The molecule has 1 heterocycles. The second kappa shape index (κ2) is 6.20. The van der Waals surface area contributed by atoms with Crippen molar-refractivity contribution in [2.45, 2.75) is 51.2 Å². The van der Waals surface area contributed by atoms with Crippen molar-refractivity contribution in [3.63, 3.8) is 0 Å². The molecule has 82 valence electrons. The van der Waals surface area contributed by atoms with Gasteiger partial charge in [0.05, 0.1) is 6.10 Å². The van der Waals surface area contributed by atoms with Gasteiger partial charge in [0.1, 0.15) is 0 Å². The average Bonchev–Trinajstić information content (AvgIpc) is 2.69. The summed E-state index contributed by atoms with van der Waals surface area (Å²) in [4.78, 5) is 0. The van der Waals surface area contributed by atoms with E-state index >= 15 is 0 Å². The van der Waals surface area contributed by atoms with E-state index in [1.807, 2.05) is 7.05 Å². The monoisotopic (exact) mass is 197 g/mol. The summed E-state index contributed by atoms with van der Waals surface area (Å²) in [5.74, 6) is 0. The van der Waals surface area contributed by atoms with Crippen molar-refractivity contribution < 1.29 is 4.74 Å². The minimum Gasteiger partial charge on any atom is -0.378 e. The number of rotatable bonds is 6. The van der Waals surface area contributed by atoms with Gasteiger partial charge in [0.15, 0.2) is 0 Å². The van der Waals surface area contributed by atoms with Crippen LogP contribution in [0.5, 0.6) is 0 Å². The Hall–Kier alpha value is -0.340. The number of nitrogens with one attached hydrogen (secondary N) is 1. The molecular formula is C12H23NO. The molecule has 2 nitrogen and oxygen atoms in total. The SMILES string of the molecule is C=C(CC)CC(CC1CCCO1)NC. The normalized spacial score (nSPS) is 23.7. The van der Waals surface area contributed by atoms with Gasteiger partial charge in [-0.25, -0.2) is 0 Å². The number of hydrogen-bond donors (Lipinski definition) is 1. The Morgan fingerprint density at radius 1 is 1.64 bits per heavy atom. The molecule has 2 atom stereocenters. The molecule has 2 unspecified atom stereocenters. The molecule has 0 aliphatic carbocycles. The molecule has 0 saturated carbocycles. The second-order valence-corrected chi connectivity index (χ2v) is 4.16. The first-order chi connectivity index (χ1) is 6.76. The van der Waals surface area contributed by atoms with Gasteiger partial charge in [0.25, 0.3) is 0 Å².